The van der Waals surface area contributed by atoms with Gasteiger partial charge in [-0.25, -0.2) is 4.98 Å². The fourth-order valence-corrected chi connectivity index (χ4v) is 1.03. The van der Waals surface area contributed by atoms with Crippen LogP contribution in [0.2, 0.25) is 0 Å². The number of rotatable bonds is 2. The number of nitrogens with zero attached hydrogens (tertiary/aromatic N) is 1. The first kappa shape index (κ1) is 8.33. The molecular formula is C7H9BrN2O. The Morgan fingerprint density at radius 2 is 2.36 bits per heavy atom. The molecule has 0 spiro atoms. The van der Waals surface area contributed by atoms with Crippen LogP contribution in [0, 0.1) is 0 Å². The van der Waals surface area contributed by atoms with Gasteiger partial charge < -0.3 is 10.4 Å². The molecule has 0 aliphatic heterocycles. The number of anilines is 1. The van der Waals surface area contributed by atoms with Crippen LogP contribution in [0.5, 0.6) is 5.75 Å². The third-order valence-corrected chi connectivity index (χ3v) is 1.77. The molecule has 0 bridgehead atoms. The zero-order valence-corrected chi connectivity index (χ0v) is 7.72. The number of hydrogen-bond donors (Lipinski definition) is 2. The lowest BCUT2D eigenvalue weighted by atomic mass is 10.4. The van der Waals surface area contributed by atoms with Crippen LogP contribution in [0.3, 0.4) is 0 Å². The van der Waals surface area contributed by atoms with Crippen LogP contribution in [0.15, 0.2) is 16.7 Å². The minimum absolute atomic E-state index is 0.159. The average molecular weight is 217 g/mol. The highest BCUT2D eigenvalue weighted by molar-refractivity contribution is 9.10. The topological polar surface area (TPSA) is 45.1 Å². The number of aromatic nitrogens is 1. The molecule has 1 aromatic heterocycles. The van der Waals surface area contributed by atoms with E-state index >= 15 is 0 Å². The predicted molar refractivity (Wildman–Crippen MR) is 47.8 cm³/mol. The van der Waals surface area contributed by atoms with E-state index in [2.05, 4.69) is 26.2 Å². The molecule has 3 nitrogen and oxygen atoms in total. The van der Waals surface area contributed by atoms with Crippen LogP contribution < -0.4 is 5.32 Å². The summed E-state index contributed by atoms with van der Waals surface area (Å²) in [4.78, 5) is 4.02. The molecule has 1 heterocycles. The molecule has 0 aliphatic rings. The van der Waals surface area contributed by atoms with Crippen molar-refractivity contribution in [3.63, 3.8) is 0 Å². The van der Waals surface area contributed by atoms with Gasteiger partial charge in [0.2, 0.25) is 0 Å². The molecule has 0 amide bonds. The molecule has 4 heteroatoms. The maximum atomic E-state index is 9.07. The summed E-state index contributed by atoms with van der Waals surface area (Å²) >= 11 is 3.11. The van der Waals surface area contributed by atoms with Gasteiger partial charge in [-0.1, -0.05) is 0 Å². The van der Waals surface area contributed by atoms with Crippen LogP contribution in [-0.4, -0.2) is 16.6 Å². The molecule has 60 valence electrons. The first-order chi connectivity index (χ1) is 5.24. The van der Waals surface area contributed by atoms with E-state index in [4.69, 9.17) is 5.11 Å². The van der Waals surface area contributed by atoms with Gasteiger partial charge in [-0.05, 0) is 35.0 Å². The number of hydrogen-bond acceptors (Lipinski definition) is 3. The van der Waals surface area contributed by atoms with E-state index < -0.39 is 0 Å². The lowest BCUT2D eigenvalue weighted by Gasteiger charge is -2.02. The molecule has 1 aromatic rings. The van der Waals surface area contributed by atoms with Crippen molar-refractivity contribution < 1.29 is 5.11 Å². The van der Waals surface area contributed by atoms with Crippen molar-refractivity contribution in [2.75, 3.05) is 11.9 Å². The summed E-state index contributed by atoms with van der Waals surface area (Å²) in [6.07, 6.45) is 0. The monoisotopic (exact) mass is 216 g/mol. The molecule has 0 aromatic carbocycles. The van der Waals surface area contributed by atoms with Crippen LogP contribution in [-0.2, 0) is 0 Å². The standard InChI is InChI=1S/C7H9BrN2O/c1-2-9-6-4-3-5(11)7(8)10-6/h3-4,11H,2H2,1H3,(H,9,10). The Kier molecular flexibility index (Phi) is 2.70. The van der Waals surface area contributed by atoms with Crippen molar-refractivity contribution >= 4 is 21.7 Å². The predicted octanol–water partition coefficient (Wildman–Crippen LogP) is 1.98. The normalized spacial score (nSPS) is 9.64. The molecular weight excluding hydrogens is 208 g/mol. The van der Waals surface area contributed by atoms with Crippen molar-refractivity contribution in [3.8, 4) is 5.75 Å². The maximum absolute atomic E-state index is 9.07. The van der Waals surface area contributed by atoms with E-state index in [0.29, 0.717) is 4.60 Å². The third kappa shape index (κ3) is 2.08. The number of nitrogens with one attached hydrogen (secondary N) is 1. The molecule has 0 aliphatic carbocycles. The van der Waals surface area contributed by atoms with Gasteiger partial charge in [0, 0.05) is 6.54 Å². The van der Waals surface area contributed by atoms with E-state index in [1.807, 2.05) is 6.92 Å². The summed E-state index contributed by atoms with van der Waals surface area (Å²) in [5.41, 5.74) is 0. The van der Waals surface area contributed by atoms with Gasteiger partial charge in [0.15, 0.2) is 0 Å². The van der Waals surface area contributed by atoms with Gasteiger partial charge in [-0.15, -0.1) is 0 Å². The van der Waals surface area contributed by atoms with Gasteiger partial charge in [-0.3, -0.25) is 0 Å². The molecule has 0 saturated carbocycles. The Bertz CT molecular complexity index is 252. The molecule has 0 saturated heterocycles. The van der Waals surface area contributed by atoms with Crippen LogP contribution >= 0.6 is 15.9 Å². The Hall–Kier alpha value is -0.770. The molecule has 0 fully saturated rings. The van der Waals surface area contributed by atoms with Crippen molar-refractivity contribution in [2.45, 2.75) is 6.92 Å². The smallest absolute Gasteiger partial charge is 0.150 e. The SMILES string of the molecule is CCNc1ccc(O)c(Br)n1. The fourth-order valence-electron chi connectivity index (χ4n) is 0.707. The number of aromatic hydroxyl groups is 1. The van der Waals surface area contributed by atoms with Gasteiger partial charge in [0.05, 0.1) is 0 Å². The molecule has 11 heavy (non-hydrogen) atoms. The fraction of sp³-hybridized carbons (Fsp3) is 0.286. The summed E-state index contributed by atoms with van der Waals surface area (Å²) < 4.78 is 0.468. The highest BCUT2D eigenvalue weighted by Crippen LogP contribution is 2.22. The zero-order chi connectivity index (χ0) is 8.27. The maximum Gasteiger partial charge on any atom is 0.150 e. The van der Waals surface area contributed by atoms with E-state index in [1.54, 1.807) is 12.1 Å². The Morgan fingerprint density at radius 1 is 1.64 bits per heavy atom. The second kappa shape index (κ2) is 3.57. The average Bonchev–Trinajstić information content (AvgIpc) is 1.98. The number of halogens is 1. The summed E-state index contributed by atoms with van der Waals surface area (Å²) in [5, 5.41) is 12.1. The lowest BCUT2D eigenvalue weighted by Crippen LogP contribution is -1.98. The van der Waals surface area contributed by atoms with Crippen LogP contribution in [0.25, 0.3) is 0 Å². The summed E-state index contributed by atoms with van der Waals surface area (Å²) in [6.45, 7) is 2.81. The van der Waals surface area contributed by atoms with Crippen LogP contribution in [0.1, 0.15) is 6.92 Å². The van der Waals surface area contributed by atoms with Crippen molar-refractivity contribution in [1.29, 1.82) is 0 Å². The van der Waals surface area contributed by atoms with E-state index in [0.717, 1.165) is 12.4 Å². The Labute approximate surface area is 73.6 Å². The van der Waals surface area contributed by atoms with Crippen molar-refractivity contribution in [3.05, 3.63) is 16.7 Å². The zero-order valence-electron chi connectivity index (χ0n) is 6.13. The Morgan fingerprint density at radius 3 is 2.91 bits per heavy atom. The minimum atomic E-state index is 0.159. The van der Waals surface area contributed by atoms with Gasteiger partial charge in [0.25, 0.3) is 0 Å². The molecule has 1 rings (SSSR count). The summed E-state index contributed by atoms with van der Waals surface area (Å²) in [7, 11) is 0. The highest BCUT2D eigenvalue weighted by Gasteiger charge is 1.98. The highest BCUT2D eigenvalue weighted by atomic mass is 79.9. The van der Waals surface area contributed by atoms with Crippen molar-refractivity contribution in [2.24, 2.45) is 0 Å². The largest absolute Gasteiger partial charge is 0.505 e. The van der Waals surface area contributed by atoms with Crippen LogP contribution in [0.4, 0.5) is 5.82 Å². The molecule has 0 atom stereocenters. The van der Waals surface area contributed by atoms with Crippen molar-refractivity contribution in [1.82, 2.24) is 4.98 Å². The Balaban J connectivity index is 2.86. The second-order valence-electron chi connectivity index (χ2n) is 2.04. The third-order valence-electron chi connectivity index (χ3n) is 1.19. The lowest BCUT2D eigenvalue weighted by molar-refractivity contribution is 0.469. The summed E-state index contributed by atoms with van der Waals surface area (Å²) in [5.74, 6) is 0.920. The van der Waals surface area contributed by atoms with Gasteiger partial charge >= 0.3 is 0 Å². The second-order valence-corrected chi connectivity index (χ2v) is 2.79. The van der Waals surface area contributed by atoms with E-state index in [1.165, 1.54) is 0 Å². The minimum Gasteiger partial charge on any atom is -0.505 e. The van der Waals surface area contributed by atoms with E-state index in [-0.39, 0.29) is 5.75 Å². The summed E-state index contributed by atoms with van der Waals surface area (Å²) in [6, 6.07) is 3.32. The first-order valence-corrected chi connectivity index (χ1v) is 4.12. The number of pyridine rings is 1. The van der Waals surface area contributed by atoms with Gasteiger partial charge in [0.1, 0.15) is 16.2 Å². The molecule has 2 N–H and O–H groups in total. The quantitative estimate of drug-likeness (QED) is 0.744. The van der Waals surface area contributed by atoms with Gasteiger partial charge in [-0.2, -0.15) is 0 Å². The van der Waals surface area contributed by atoms with E-state index in [9.17, 15) is 0 Å². The molecule has 0 unspecified atom stereocenters. The first-order valence-electron chi connectivity index (χ1n) is 3.33. The molecule has 0 radical (unpaired) electrons.